The number of aromatic nitrogens is 2. The van der Waals surface area contributed by atoms with Gasteiger partial charge in [-0.25, -0.2) is 0 Å². The predicted molar refractivity (Wildman–Crippen MR) is 84.1 cm³/mol. The third-order valence-electron chi connectivity index (χ3n) is 3.42. The average molecular weight is 272 g/mol. The molecule has 1 aromatic heterocycles. The van der Waals surface area contributed by atoms with Crippen molar-refractivity contribution in [2.24, 2.45) is 5.92 Å². The number of rotatable bonds is 5. The van der Waals surface area contributed by atoms with Gasteiger partial charge in [-0.2, -0.15) is 0 Å². The van der Waals surface area contributed by atoms with Crippen LogP contribution in [0, 0.1) is 12.8 Å². The molecule has 0 aliphatic heterocycles. The van der Waals surface area contributed by atoms with E-state index in [4.69, 9.17) is 0 Å². The molecule has 0 fully saturated rings. The van der Waals surface area contributed by atoms with Crippen LogP contribution < -0.4 is 5.56 Å². The van der Waals surface area contributed by atoms with Crippen LogP contribution in [0.4, 0.5) is 0 Å². The molecule has 1 heterocycles. The van der Waals surface area contributed by atoms with Crippen LogP contribution in [0.5, 0.6) is 0 Å². The summed E-state index contributed by atoms with van der Waals surface area (Å²) >= 11 is 0. The number of hydrogen-bond donors (Lipinski definition) is 1. The molecule has 20 heavy (non-hydrogen) atoms. The third kappa shape index (κ3) is 3.03. The summed E-state index contributed by atoms with van der Waals surface area (Å²) in [6.07, 6.45) is 1.93. The van der Waals surface area contributed by atoms with E-state index in [1.54, 1.807) is 4.68 Å². The predicted octanol–water partition coefficient (Wildman–Crippen LogP) is 3.76. The molecule has 108 valence electrons. The Morgan fingerprint density at radius 1 is 1.20 bits per heavy atom. The van der Waals surface area contributed by atoms with Crippen LogP contribution in [0.15, 0.2) is 29.1 Å². The molecule has 0 amide bonds. The van der Waals surface area contributed by atoms with Crippen molar-refractivity contribution in [3.63, 3.8) is 0 Å². The topological polar surface area (TPSA) is 37.8 Å². The first kappa shape index (κ1) is 14.6. The second-order valence-corrected chi connectivity index (χ2v) is 5.89. The average Bonchev–Trinajstić information content (AvgIpc) is 2.67. The number of aryl methyl sites for hydroxylation is 2. The summed E-state index contributed by atoms with van der Waals surface area (Å²) in [6, 6.07) is 8.20. The first-order chi connectivity index (χ1) is 9.52. The summed E-state index contributed by atoms with van der Waals surface area (Å²) in [6.45, 7) is 9.18. The van der Waals surface area contributed by atoms with Gasteiger partial charge in [-0.1, -0.05) is 57.0 Å². The van der Waals surface area contributed by atoms with E-state index >= 15 is 0 Å². The Morgan fingerprint density at radius 2 is 1.85 bits per heavy atom. The normalized spacial score (nSPS) is 11.2. The summed E-state index contributed by atoms with van der Waals surface area (Å²) < 4.78 is 1.75. The van der Waals surface area contributed by atoms with Crippen LogP contribution in [0.25, 0.3) is 11.1 Å². The largest absolute Gasteiger partial charge is 0.299 e. The molecule has 0 atom stereocenters. The molecule has 0 aliphatic rings. The number of H-pyrrole nitrogens is 1. The van der Waals surface area contributed by atoms with Crippen molar-refractivity contribution >= 4 is 0 Å². The maximum atomic E-state index is 12.6. The van der Waals surface area contributed by atoms with Gasteiger partial charge in [0.25, 0.3) is 5.56 Å². The van der Waals surface area contributed by atoms with Crippen LogP contribution in [0.2, 0.25) is 0 Å². The van der Waals surface area contributed by atoms with Crippen molar-refractivity contribution in [2.45, 2.75) is 47.1 Å². The van der Waals surface area contributed by atoms with Crippen LogP contribution in [-0.2, 0) is 13.0 Å². The van der Waals surface area contributed by atoms with E-state index in [1.807, 2.05) is 12.1 Å². The number of hydrogen-bond acceptors (Lipinski definition) is 1. The van der Waals surface area contributed by atoms with Gasteiger partial charge < -0.3 is 0 Å². The monoisotopic (exact) mass is 272 g/mol. The van der Waals surface area contributed by atoms with Crippen molar-refractivity contribution in [3.8, 4) is 11.1 Å². The molecule has 1 aromatic carbocycles. The van der Waals surface area contributed by atoms with Gasteiger partial charge in [0.2, 0.25) is 0 Å². The summed E-state index contributed by atoms with van der Waals surface area (Å²) in [7, 11) is 0. The number of nitrogens with one attached hydrogen (secondary N) is 1. The van der Waals surface area contributed by atoms with Crippen LogP contribution in [0.1, 0.15) is 38.4 Å². The fourth-order valence-electron chi connectivity index (χ4n) is 2.48. The molecule has 0 radical (unpaired) electrons. The van der Waals surface area contributed by atoms with Crippen LogP contribution >= 0.6 is 0 Å². The van der Waals surface area contributed by atoms with E-state index in [-0.39, 0.29) is 5.56 Å². The molecule has 0 unspecified atom stereocenters. The standard InChI is InChI=1S/C17H24N2O/c1-5-6-15-16(14-9-7-13(4)8-10-14)17(20)19(18-15)11-12(2)3/h7-10,12,18H,5-6,11H2,1-4H3. The Bertz CT molecular complexity index is 617. The van der Waals surface area contributed by atoms with Crippen molar-refractivity contribution in [1.82, 2.24) is 9.78 Å². The molecule has 3 nitrogen and oxygen atoms in total. The Hall–Kier alpha value is -1.77. The van der Waals surface area contributed by atoms with Crippen molar-refractivity contribution in [1.29, 1.82) is 0 Å². The molecule has 0 saturated carbocycles. The lowest BCUT2D eigenvalue weighted by Gasteiger charge is -2.04. The van der Waals surface area contributed by atoms with Gasteiger partial charge in [0, 0.05) is 12.2 Å². The molecule has 2 rings (SSSR count). The van der Waals surface area contributed by atoms with Gasteiger partial charge in [0.1, 0.15) is 0 Å². The van der Waals surface area contributed by atoms with Crippen molar-refractivity contribution in [3.05, 3.63) is 45.9 Å². The summed E-state index contributed by atoms with van der Waals surface area (Å²) in [5.41, 5.74) is 4.23. The molecule has 0 aliphatic carbocycles. The molecule has 0 saturated heterocycles. The zero-order valence-corrected chi connectivity index (χ0v) is 12.9. The molecular formula is C17H24N2O. The zero-order chi connectivity index (χ0) is 14.7. The minimum atomic E-state index is 0.103. The molecular weight excluding hydrogens is 248 g/mol. The molecule has 1 N–H and O–H groups in total. The maximum Gasteiger partial charge on any atom is 0.274 e. The fourth-order valence-corrected chi connectivity index (χ4v) is 2.48. The van der Waals surface area contributed by atoms with E-state index < -0.39 is 0 Å². The van der Waals surface area contributed by atoms with Crippen LogP contribution in [0.3, 0.4) is 0 Å². The summed E-state index contributed by atoms with van der Waals surface area (Å²) in [5, 5.41) is 3.30. The molecule has 2 aromatic rings. The SMILES string of the molecule is CCCc1[nH]n(CC(C)C)c(=O)c1-c1ccc(C)cc1. The second kappa shape index (κ2) is 6.12. The second-order valence-electron chi connectivity index (χ2n) is 5.89. The lowest BCUT2D eigenvalue weighted by atomic mass is 10.0. The van der Waals surface area contributed by atoms with E-state index in [0.717, 1.165) is 36.2 Å². The maximum absolute atomic E-state index is 12.6. The van der Waals surface area contributed by atoms with Gasteiger partial charge in [-0.05, 0) is 24.8 Å². The van der Waals surface area contributed by atoms with E-state index in [1.165, 1.54) is 5.56 Å². The highest BCUT2D eigenvalue weighted by Gasteiger charge is 2.15. The highest BCUT2D eigenvalue weighted by molar-refractivity contribution is 5.65. The fraction of sp³-hybridized carbons (Fsp3) is 0.471. The lowest BCUT2D eigenvalue weighted by molar-refractivity contribution is 0.469. The summed E-state index contributed by atoms with van der Waals surface area (Å²) in [5.74, 6) is 0.451. The van der Waals surface area contributed by atoms with Gasteiger partial charge in [-0.3, -0.25) is 14.6 Å². The van der Waals surface area contributed by atoms with Crippen LogP contribution in [-0.4, -0.2) is 9.78 Å². The Labute approximate surface area is 120 Å². The smallest absolute Gasteiger partial charge is 0.274 e. The first-order valence-electron chi connectivity index (χ1n) is 7.41. The van der Waals surface area contributed by atoms with Gasteiger partial charge in [-0.15, -0.1) is 0 Å². The minimum Gasteiger partial charge on any atom is -0.299 e. The van der Waals surface area contributed by atoms with E-state index in [9.17, 15) is 4.79 Å². The quantitative estimate of drug-likeness (QED) is 0.884. The Kier molecular flexibility index (Phi) is 4.48. The highest BCUT2D eigenvalue weighted by Crippen LogP contribution is 2.21. The van der Waals surface area contributed by atoms with Gasteiger partial charge in [0.15, 0.2) is 0 Å². The first-order valence-corrected chi connectivity index (χ1v) is 7.41. The zero-order valence-electron chi connectivity index (χ0n) is 12.9. The number of aromatic amines is 1. The molecule has 3 heteroatoms. The third-order valence-corrected chi connectivity index (χ3v) is 3.42. The lowest BCUT2D eigenvalue weighted by Crippen LogP contribution is -2.20. The van der Waals surface area contributed by atoms with Crippen molar-refractivity contribution < 1.29 is 0 Å². The van der Waals surface area contributed by atoms with Gasteiger partial charge >= 0.3 is 0 Å². The van der Waals surface area contributed by atoms with Gasteiger partial charge in [0.05, 0.1) is 5.56 Å². The van der Waals surface area contributed by atoms with E-state index in [2.05, 4.69) is 44.9 Å². The Morgan fingerprint density at radius 3 is 2.40 bits per heavy atom. The summed E-state index contributed by atoms with van der Waals surface area (Å²) in [4.78, 5) is 12.6. The highest BCUT2D eigenvalue weighted by atomic mass is 16.1. The number of benzene rings is 1. The van der Waals surface area contributed by atoms with Crippen molar-refractivity contribution in [2.75, 3.05) is 0 Å². The minimum absolute atomic E-state index is 0.103. The number of nitrogens with zero attached hydrogens (tertiary/aromatic N) is 1. The molecule has 0 bridgehead atoms. The Balaban J connectivity index is 2.52. The van der Waals surface area contributed by atoms with E-state index in [0.29, 0.717) is 5.92 Å². The molecule has 0 spiro atoms.